The first-order valence-electron chi connectivity index (χ1n) is 13.3. The average molecular weight is 787 g/mol. The molecule has 8 nitrogen and oxygen atoms in total. The second-order valence-corrected chi connectivity index (χ2v) is 11.5. The molecule has 2 aliphatic rings. The molecule has 1 saturated heterocycles. The topological polar surface area (TPSA) is 88.2 Å². The smallest absolute Gasteiger partial charge is 0.483 e. The Hall–Kier alpha value is -4.23. The number of piperazine rings is 1. The van der Waals surface area contributed by atoms with Crippen LogP contribution in [0.25, 0.3) is 11.1 Å². The highest BCUT2D eigenvalue weighted by Gasteiger charge is 2.41. The predicted octanol–water partition coefficient (Wildman–Crippen LogP) is 6.58. The number of anilines is 1. The van der Waals surface area contributed by atoms with Crippen LogP contribution in [0.4, 0.5) is 45.2 Å². The van der Waals surface area contributed by atoms with Crippen molar-refractivity contribution in [3.63, 3.8) is 0 Å². The number of nitrogens with one attached hydrogen (secondary N) is 1. The summed E-state index contributed by atoms with van der Waals surface area (Å²) in [5.41, 5.74) is -3.88. The van der Waals surface area contributed by atoms with Crippen molar-refractivity contribution in [2.75, 3.05) is 31.6 Å². The minimum atomic E-state index is -5.09. The Labute approximate surface area is 272 Å². The summed E-state index contributed by atoms with van der Waals surface area (Å²) in [5, 5.41) is 2.52. The number of fused-ring (bicyclic) bond motifs is 2. The van der Waals surface area contributed by atoms with Crippen molar-refractivity contribution >= 4 is 46.0 Å². The number of benzene rings is 3. The van der Waals surface area contributed by atoms with Gasteiger partial charge in [-0.15, -0.1) is 13.2 Å². The molecule has 47 heavy (non-hydrogen) atoms. The summed E-state index contributed by atoms with van der Waals surface area (Å²) in [7, 11) is 0. The van der Waals surface area contributed by atoms with Crippen LogP contribution in [0.3, 0.4) is 0 Å². The number of hydrogen-bond donors (Lipinski definition) is 1. The lowest BCUT2D eigenvalue weighted by molar-refractivity contribution is -0.274. The molecular weight excluding hydrogens is 768 g/mol. The summed E-state index contributed by atoms with van der Waals surface area (Å²) >= 11 is 1.69. The Balaban J connectivity index is 1.32. The minimum Gasteiger partial charge on any atom is -0.483 e. The fourth-order valence-electron chi connectivity index (χ4n) is 5.01. The molecule has 0 bridgehead atoms. The monoisotopic (exact) mass is 787 g/mol. The van der Waals surface area contributed by atoms with Crippen LogP contribution in [0.15, 0.2) is 54.6 Å². The van der Waals surface area contributed by atoms with E-state index in [0.717, 1.165) is 23.1 Å². The van der Waals surface area contributed by atoms with Crippen LogP contribution in [0.2, 0.25) is 0 Å². The molecule has 1 atom stereocenters. The third-order valence-corrected chi connectivity index (χ3v) is 8.06. The van der Waals surface area contributed by atoms with Gasteiger partial charge in [-0.1, -0.05) is 6.07 Å². The maximum atomic E-state index is 13.6. The third kappa shape index (κ3) is 7.68. The lowest BCUT2D eigenvalue weighted by Gasteiger charge is -2.39. The third-order valence-electron chi connectivity index (χ3n) is 7.21. The van der Waals surface area contributed by atoms with Gasteiger partial charge in [0, 0.05) is 13.1 Å². The molecule has 0 aromatic heterocycles. The summed E-state index contributed by atoms with van der Waals surface area (Å²) in [4.78, 5) is 42.0. The fraction of sp³-hybridized carbons (Fsp3) is 0.276. The van der Waals surface area contributed by atoms with Gasteiger partial charge in [0.25, 0.3) is 11.8 Å². The number of alkyl halides is 9. The van der Waals surface area contributed by atoms with Crippen LogP contribution in [0, 0.1) is 3.57 Å². The second-order valence-electron chi connectivity index (χ2n) is 10.3. The molecule has 250 valence electrons. The van der Waals surface area contributed by atoms with Crippen molar-refractivity contribution in [2.24, 2.45) is 0 Å². The normalized spacial score (nSPS) is 17.0. The first-order chi connectivity index (χ1) is 21.8. The number of amides is 3. The van der Waals surface area contributed by atoms with Crippen LogP contribution >= 0.6 is 22.6 Å². The Morgan fingerprint density at radius 2 is 1.51 bits per heavy atom. The van der Waals surface area contributed by atoms with Gasteiger partial charge in [0.2, 0.25) is 5.91 Å². The molecule has 0 radical (unpaired) electrons. The fourth-order valence-corrected chi connectivity index (χ4v) is 5.65. The molecule has 3 aromatic carbocycles. The maximum absolute atomic E-state index is 13.6. The molecule has 1 unspecified atom stereocenters. The van der Waals surface area contributed by atoms with Crippen LogP contribution in [0.5, 0.6) is 11.5 Å². The van der Waals surface area contributed by atoms with Crippen molar-refractivity contribution in [1.82, 2.24) is 9.80 Å². The van der Waals surface area contributed by atoms with Crippen LogP contribution < -0.4 is 14.8 Å². The molecule has 1 N–H and O–H groups in total. The highest BCUT2D eigenvalue weighted by atomic mass is 127. The summed E-state index contributed by atoms with van der Waals surface area (Å²) in [5.74, 6) is -2.45. The number of carbonyl (C=O) groups is 3. The molecule has 2 heterocycles. The first-order valence-corrected chi connectivity index (χ1v) is 14.4. The van der Waals surface area contributed by atoms with Crippen LogP contribution in [0.1, 0.15) is 21.5 Å². The van der Waals surface area contributed by atoms with E-state index >= 15 is 0 Å². The molecule has 2 aliphatic heterocycles. The second kappa shape index (κ2) is 12.4. The van der Waals surface area contributed by atoms with E-state index in [2.05, 4.69) is 10.1 Å². The van der Waals surface area contributed by atoms with Crippen molar-refractivity contribution < 1.29 is 63.4 Å². The van der Waals surface area contributed by atoms with Gasteiger partial charge in [-0.2, -0.15) is 26.3 Å². The number of hydrogen-bond acceptors (Lipinski definition) is 5. The molecular formula is C29H19F9IN3O5. The van der Waals surface area contributed by atoms with Gasteiger partial charge in [0.15, 0.2) is 6.61 Å². The van der Waals surface area contributed by atoms with Gasteiger partial charge in [0.05, 0.1) is 32.5 Å². The number of ether oxygens (including phenoxy) is 2. The lowest BCUT2D eigenvalue weighted by Crippen LogP contribution is -2.60. The number of nitrogens with zero attached hydrogens (tertiary/aromatic N) is 2. The Morgan fingerprint density at radius 1 is 0.851 bits per heavy atom. The van der Waals surface area contributed by atoms with Gasteiger partial charge in [0.1, 0.15) is 17.5 Å². The highest BCUT2D eigenvalue weighted by molar-refractivity contribution is 14.1. The molecule has 1 fully saturated rings. The van der Waals surface area contributed by atoms with E-state index in [1.807, 2.05) is 0 Å². The standard InChI is InChI=1S/C29H19F9IN3O5/c30-27(31,32)16-7-15(8-17(10-16)28(33,34)35)14-1-3-21-19(9-14)26(45)42-6-5-41(12-22(42)25(44)40-21)24(43)13-46-23-4-2-18(11-20(23)39)47-29(36,37)38/h1-4,7-11,22H,5-6,12-13H2,(H,40,44). The number of carbonyl (C=O) groups excluding carboxylic acids is 3. The SMILES string of the molecule is O=C1Nc2ccc(-c3cc(C(F)(F)F)cc(C(F)(F)F)c3)cc2C(=O)N2CCN(C(=O)COc3ccc(OC(F)(F)F)cc3I)CC12. The summed E-state index contributed by atoms with van der Waals surface area (Å²) in [6, 6.07) is 6.52. The minimum absolute atomic E-state index is 0.0151. The van der Waals surface area contributed by atoms with Gasteiger partial charge in [-0.3, -0.25) is 14.4 Å². The van der Waals surface area contributed by atoms with Crippen molar-refractivity contribution in [3.05, 3.63) is 74.9 Å². The van der Waals surface area contributed by atoms with E-state index in [1.54, 1.807) is 22.6 Å². The molecule has 0 aliphatic carbocycles. The number of rotatable bonds is 5. The summed E-state index contributed by atoms with van der Waals surface area (Å²) < 4.78 is 127. The highest BCUT2D eigenvalue weighted by Crippen LogP contribution is 2.40. The summed E-state index contributed by atoms with van der Waals surface area (Å²) in [6.45, 7) is -1.06. The molecule has 18 heteroatoms. The lowest BCUT2D eigenvalue weighted by atomic mass is 9.96. The number of halogens is 10. The molecule has 0 spiro atoms. The Kier molecular flexibility index (Phi) is 9.01. The summed E-state index contributed by atoms with van der Waals surface area (Å²) in [6.07, 6.45) is -15.1. The van der Waals surface area contributed by atoms with E-state index < -0.39 is 71.5 Å². The maximum Gasteiger partial charge on any atom is 0.573 e. The zero-order valence-corrected chi connectivity index (χ0v) is 25.5. The van der Waals surface area contributed by atoms with Gasteiger partial charge in [-0.05, 0) is 82.2 Å². The first kappa shape index (κ1) is 34.1. The average Bonchev–Trinajstić information content (AvgIpc) is 3.07. The van der Waals surface area contributed by atoms with Gasteiger partial charge < -0.3 is 24.6 Å². The Morgan fingerprint density at radius 3 is 2.11 bits per heavy atom. The van der Waals surface area contributed by atoms with E-state index in [1.165, 1.54) is 23.1 Å². The Bertz CT molecular complexity index is 1710. The van der Waals surface area contributed by atoms with Crippen molar-refractivity contribution in [2.45, 2.75) is 24.8 Å². The van der Waals surface area contributed by atoms with Gasteiger partial charge in [-0.25, -0.2) is 0 Å². The van der Waals surface area contributed by atoms with Crippen LogP contribution in [-0.4, -0.2) is 66.2 Å². The molecule has 3 amide bonds. The van der Waals surface area contributed by atoms with Crippen molar-refractivity contribution in [3.8, 4) is 22.6 Å². The van der Waals surface area contributed by atoms with Crippen LogP contribution in [-0.2, 0) is 21.9 Å². The quantitative estimate of drug-likeness (QED) is 0.234. The molecule has 0 saturated carbocycles. The van der Waals surface area contributed by atoms with E-state index in [4.69, 9.17) is 4.74 Å². The zero-order valence-electron chi connectivity index (χ0n) is 23.3. The van der Waals surface area contributed by atoms with E-state index in [-0.39, 0.29) is 51.8 Å². The zero-order chi connectivity index (χ0) is 34.5. The van der Waals surface area contributed by atoms with E-state index in [0.29, 0.717) is 12.1 Å². The predicted molar refractivity (Wildman–Crippen MR) is 153 cm³/mol. The molecule has 5 rings (SSSR count). The van der Waals surface area contributed by atoms with Crippen molar-refractivity contribution in [1.29, 1.82) is 0 Å². The molecule has 3 aromatic rings. The van der Waals surface area contributed by atoms with E-state index in [9.17, 15) is 53.9 Å². The largest absolute Gasteiger partial charge is 0.573 e. The van der Waals surface area contributed by atoms with Gasteiger partial charge >= 0.3 is 18.7 Å².